The molecule has 1 amide bonds. The van der Waals surface area contributed by atoms with E-state index >= 15 is 0 Å². The Labute approximate surface area is 249 Å². The highest BCUT2D eigenvalue weighted by molar-refractivity contribution is 6.12. The number of aromatic nitrogens is 4. The summed E-state index contributed by atoms with van der Waals surface area (Å²) >= 11 is 0. The second-order valence-corrected chi connectivity index (χ2v) is 11.9. The topological polar surface area (TPSA) is 133 Å². The van der Waals surface area contributed by atoms with Crippen LogP contribution in [0.3, 0.4) is 0 Å². The van der Waals surface area contributed by atoms with E-state index in [1.165, 1.54) is 22.2 Å². The third-order valence-corrected chi connectivity index (χ3v) is 8.40. The number of amides is 1. The molecule has 0 radical (unpaired) electrons. The fourth-order valence-corrected chi connectivity index (χ4v) is 5.70. The molecule has 6 rings (SSSR count). The van der Waals surface area contributed by atoms with E-state index in [2.05, 4.69) is 25.3 Å². The van der Waals surface area contributed by atoms with Gasteiger partial charge in [-0.2, -0.15) is 13.2 Å². The first-order chi connectivity index (χ1) is 20.7. The van der Waals surface area contributed by atoms with E-state index in [-0.39, 0.29) is 61.3 Å². The zero-order valence-corrected chi connectivity index (χ0v) is 24.1. The Morgan fingerprint density at radius 3 is 2.52 bits per heavy atom. The summed E-state index contributed by atoms with van der Waals surface area (Å²) < 4.78 is 78.6. The molecule has 1 unspecified atom stereocenters. The van der Waals surface area contributed by atoms with Gasteiger partial charge in [-0.05, 0) is 33.1 Å². The predicted octanol–water partition coefficient (Wildman–Crippen LogP) is 3.75. The van der Waals surface area contributed by atoms with Crippen molar-refractivity contribution >= 4 is 35.2 Å². The van der Waals surface area contributed by atoms with Crippen LogP contribution in [-0.2, 0) is 26.3 Å². The number of amidine groups is 1. The van der Waals surface area contributed by atoms with Crippen LogP contribution in [0.2, 0.25) is 0 Å². The maximum Gasteiger partial charge on any atom is 0.411 e. The number of hydrogen-bond acceptors (Lipinski definition) is 10. The van der Waals surface area contributed by atoms with Gasteiger partial charge in [0, 0.05) is 25.6 Å². The fraction of sp³-hybridized carbons (Fsp3) is 0.630. The summed E-state index contributed by atoms with van der Waals surface area (Å²) in [5, 5.41) is 11.6. The maximum atomic E-state index is 13.8. The van der Waals surface area contributed by atoms with Crippen molar-refractivity contribution in [3.8, 4) is 0 Å². The van der Waals surface area contributed by atoms with Gasteiger partial charge in [0.2, 0.25) is 11.9 Å². The van der Waals surface area contributed by atoms with Gasteiger partial charge < -0.3 is 24.6 Å². The molecule has 5 heterocycles. The van der Waals surface area contributed by atoms with Crippen molar-refractivity contribution in [3.63, 3.8) is 0 Å². The number of morpholine rings is 1. The lowest BCUT2D eigenvalue weighted by Crippen LogP contribution is -2.55. The van der Waals surface area contributed by atoms with E-state index in [0.29, 0.717) is 11.4 Å². The molecule has 4 aliphatic rings. The number of anilines is 4. The highest BCUT2D eigenvalue weighted by Crippen LogP contribution is 2.47. The van der Waals surface area contributed by atoms with Crippen molar-refractivity contribution < 1.29 is 36.2 Å². The second kappa shape index (κ2) is 10.9. The first-order valence-electron chi connectivity index (χ1n) is 14.3. The highest BCUT2D eigenvalue weighted by Gasteiger charge is 2.50. The van der Waals surface area contributed by atoms with E-state index in [9.17, 15) is 26.7 Å². The van der Waals surface area contributed by atoms with Gasteiger partial charge in [0.15, 0.2) is 18.5 Å². The Bertz CT molecular complexity index is 1440. The lowest BCUT2D eigenvalue weighted by atomic mass is 9.86. The zero-order valence-electron chi connectivity index (χ0n) is 24.1. The molecule has 2 aromatic heterocycles. The number of alkyl halides is 5. The van der Waals surface area contributed by atoms with Crippen LogP contribution in [-0.4, -0.2) is 93.8 Å². The number of carbonyl (C=O) groups excluding carboxylic acids is 1. The van der Waals surface area contributed by atoms with Gasteiger partial charge in [0.05, 0.1) is 48.8 Å². The molecular formula is C27H32F5N9O3. The second-order valence-electron chi connectivity index (χ2n) is 11.9. The van der Waals surface area contributed by atoms with E-state index in [4.69, 9.17) is 14.9 Å². The SMILES string of the molecule is CC1(C)C(=O)N(c2cnc(N3CCC(F)(F)C3)nc2)c2nc(COC(=N)N3CCOCC3C(F)(F)F)nc(NC3CCC3)c21. The highest BCUT2D eigenvalue weighted by atomic mass is 19.4. The molecule has 2 aromatic rings. The molecule has 1 atom stereocenters. The fourth-order valence-electron chi connectivity index (χ4n) is 5.70. The van der Waals surface area contributed by atoms with Crippen LogP contribution in [0.4, 0.5) is 45.2 Å². The van der Waals surface area contributed by atoms with Crippen molar-refractivity contribution in [2.24, 2.45) is 0 Å². The van der Waals surface area contributed by atoms with Crippen LogP contribution in [0, 0.1) is 5.41 Å². The molecule has 1 saturated carbocycles. The van der Waals surface area contributed by atoms with Crippen LogP contribution in [0.25, 0.3) is 0 Å². The molecule has 17 heteroatoms. The third-order valence-electron chi connectivity index (χ3n) is 8.40. The summed E-state index contributed by atoms with van der Waals surface area (Å²) in [6.07, 6.45) is 0.624. The maximum absolute atomic E-state index is 13.8. The summed E-state index contributed by atoms with van der Waals surface area (Å²) in [6, 6.07) is -2.61. The lowest BCUT2D eigenvalue weighted by molar-refractivity contribution is -0.202. The van der Waals surface area contributed by atoms with Crippen molar-refractivity contribution in [3.05, 3.63) is 23.8 Å². The number of carbonyl (C=O) groups is 1. The van der Waals surface area contributed by atoms with E-state index < -0.39 is 49.3 Å². The molecule has 238 valence electrons. The molecule has 0 aromatic carbocycles. The molecule has 2 saturated heterocycles. The van der Waals surface area contributed by atoms with E-state index in [1.807, 2.05) is 0 Å². The van der Waals surface area contributed by atoms with Crippen LogP contribution in [0.1, 0.15) is 50.9 Å². The van der Waals surface area contributed by atoms with E-state index in [1.54, 1.807) is 13.8 Å². The Kier molecular flexibility index (Phi) is 7.49. The standard InChI is InChI=1S/C27H32F5N9O3/c1-25(2)19-20(36-15-4-3-5-15)37-18(13-44-23(33)40-8-9-43-12-17(40)27(30,31)32)38-21(19)41(22(25)42)16-10-34-24(35-11-16)39-7-6-26(28,29)14-39/h10-11,15,17,33H,3-9,12-14H2,1-2H3,(H,36,37,38). The number of ether oxygens (including phenoxy) is 2. The molecular weight excluding hydrogens is 593 g/mol. The van der Waals surface area contributed by atoms with Gasteiger partial charge in [-0.15, -0.1) is 0 Å². The van der Waals surface area contributed by atoms with Crippen molar-refractivity contribution in [1.29, 1.82) is 5.41 Å². The Balaban J connectivity index is 1.30. The van der Waals surface area contributed by atoms with Gasteiger partial charge in [-0.25, -0.2) is 28.7 Å². The molecule has 12 nitrogen and oxygen atoms in total. The normalized spacial score (nSPS) is 23.0. The summed E-state index contributed by atoms with van der Waals surface area (Å²) in [5.74, 6) is -2.43. The Hall–Kier alpha value is -3.89. The number of fused-ring (bicyclic) bond motifs is 1. The monoisotopic (exact) mass is 625 g/mol. The summed E-state index contributed by atoms with van der Waals surface area (Å²) in [4.78, 5) is 35.0. The van der Waals surface area contributed by atoms with Gasteiger partial charge in [0.1, 0.15) is 11.6 Å². The van der Waals surface area contributed by atoms with Crippen molar-refractivity contribution in [2.45, 2.75) is 75.7 Å². The first kappa shape index (κ1) is 30.1. The molecule has 0 bridgehead atoms. The van der Waals surface area contributed by atoms with Crippen LogP contribution in [0.15, 0.2) is 12.4 Å². The number of rotatable bonds is 6. The summed E-state index contributed by atoms with van der Waals surface area (Å²) in [6.45, 7) is 1.84. The molecule has 1 aliphatic carbocycles. The molecule has 2 N–H and O–H groups in total. The third kappa shape index (κ3) is 5.57. The first-order valence-corrected chi connectivity index (χ1v) is 14.3. The minimum atomic E-state index is -4.63. The van der Waals surface area contributed by atoms with Gasteiger partial charge in [0.25, 0.3) is 11.9 Å². The number of hydrogen-bond donors (Lipinski definition) is 2. The lowest BCUT2D eigenvalue weighted by Gasteiger charge is -2.37. The van der Waals surface area contributed by atoms with Crippen molar-refractivity contribution in [1.82, 2.24) is 24.8 Å². The molecule has 0 spiro atoms. The van der Waals surface area contributed by atoms with Gasteiger partial charge in [-0.3, -0.25) is 15.1 Å². The van der Waals surface area contributed by atoms with E-state index in [0.717, 1.165) is 24.2 Å². The average Bonchev–Trinajstić information content (AvgIpc) is 3.41. The van der Waals surface area contributed by atoms with Crippen molar-refractivity contribution in [2.75, 3.05) is 48.0 Å². The molecule has 3 aliphatic heterocycles. The summed E-state index contributed by atoms with van der Waals surface area (Å²) in [5.41, 5.74) is -0.315. The Morgan fingerprint density at radius 2 is 1.91 bits per heavy atom. The Morgan fingerprint density at radius 1 is 1.18 bits per heavy atom. The average molecular weight is 626 g/mol. The zero-order chi connectivity index (χ0) is 31.4. The largest absolute Gasteiger partial charge is 0.457 e. The number of nitrogens with zero attached hydrogens (tertiary/aromatic N) is 7. The van der Waals surface area contributed by atoms with Gasteiger partial charge in [-0.1, -0.05) is 0 Å². The van der Waals surface area contributed by atoms with Gasteiger partial charge >= 0.3 is 6.18 Å². The number of halogens is 5. The van der Waals surface area contributed by atoms with Crippen LogP contribution in [0.5, 0.6) is 0 Å². The summed E-state index contributed by atoms with van der Waals surface area (Å²) in [7, 11) is 0. The molecule has 3 fully saturated rings. The minimum Gasteiger partial charge on any atom is -0.457 e. The predicted molar refractivity (Wildman–Crippen MR) is 147 cm³/mol. The molecule has 44 heavy (non-hydrogen) atoms. The van der Waals surface area contributed by atoms with Crippen LogP contribution < -0.4 is 15.1 Å². The van der Waals surface area contributed by atoms with Crippen LogP contribution >= 0.6 is 0 Å². The number of nitrogens with one attached hydrogen (secondary N) is 2. The minimum absolute atomic E-state index is 0.0102. The quantitative estimate of drug-likeness (QED) is 0.278. The smallest absolute Gasteiger partial charge is 0.411 e.